The number of morpholine rings is 1. The number of hydrogen-bond acceptors (Lipinski definition) is 6. The van der Waals surface area contributed by atoms with Gasteiger partial charge in [-0.1, -0.05) is 0 Å². The third kappa shape index (κ3) is 3.53. The standard InChI is InChI=1S/C19H23N5O3/c20-13-19(14-1-2-14)4-6-24(18(19)26)15-3-5-21-16(11-15)22-17(25)12-23-7-9-27-10-8-23/h3,5,11,14H,1-2,4,6-10,12H2,(H,21,22,25)/t19-/m1/s1. The Morgan fingerprint density at radius 3 is 2.85 bits per heavy atom. The van der Waals surface area contributed by atoms with E-state index in [2.05, 4.69) is 16.4 Å². The first kappa shape index (κ1) is 17.9. The van der Waals surface area contributed by atoms with Gasteiger partial charge in [-0.3, -0.25) is 14.5 Å². The van der Waals surface area contributed by atoms with Gasteiger partial charge in [0.25, 0.3) is 0 Å². The third-order valence-electron chi connectivity index (χ3n) is 5.62. The van der Waals surface area contributed by atoms with Crippen LogP contribution in [0.3, 0.4) is 0 Å². The van der Waals surface area contributed by atoms with Crippen molar-refractivity contribution in [3.05, 3.63) is 18.3 Å². The summed E-state index contributed by atoms with van der Waals surface area (Å²) in [5.74, 6) is 0.344. The second kappa shape index (κ2) is 7.25. The molecule has 8 heteroatoms. The topological polar surface area (TPSA) is 98.6 Å². The number of nitrogens with one attached hydrogen (secondary N) is 1. The van der Waals surface area contributed by atoms with E-state index in [4.69, 9.17) is 4.74 Å². The normalized spacial score (nSPS) is 26.0. The number of nitrogens with zero attached hydrogens (tertiary/aromatic N) is 4. The second-order valence-electron chi connectivity index (χ2n) is 7.40. The molecule has 1 aromatic rings. The Hall–Kier alpha value is -2.50. The van der Waals surface area contributed by atoms with E-state index >= 15 is 0 Å². The lowest BCUT2D eigenvalue weighted by Crippen LogP contribution is -2.41. The molecule has 1 aromatic heterocycles. The van der Waals surface area contributed by atoms with E-state index in [1.54, 1.807) is 23.2 Å². The van der Waals surface area contributed by atoms with Crippen LogP contribution in [-0.4, -0.2) is 61.1 Å². The van der Waals surface area contributed by atoms with Gasteiger partial charge in [-0.15, -0.1) is 0 Å². The Kier molecular flexibility index (Phi) is 4.81. The van der Waals surface area contributed by atoms with E-state index in [1.807, 2.05) is 4.90 Å². The molecule has 8 nitrogen and oxygen atoms in total. The minimum absolute atomic E-state index is 0.121. The summed E-state index contributed by atoms with van der Waals surface area (Å²) in [5, 5.41) is 12.4. The molecule has 2 saturated heterocycles. The Morgan fingerprint density at radius 2 is 2.15 bits per heavy atom. The molecule has 2 aliphatic heterocycles. The fourth-order valence-corrected chi connectivity index (χ4v) is 3.93. The van der Waals surface area contributed by atoms with Gasteiger partial charge in [-0.05, 0) is 31.2 Å². The first-order valence-corrected chi connectivity index (χ1v) is 9.41. The Balaban J connectivity index is 1.43. The first-order valence-electron chi connectivity index (χ1n) is 9.41. The van der Waals surface area contributed by atoms with Crippen LogP contribution in [0.25, 0.3) is 0 Å². The zero-order chi connectivity index (χ0) is 18.9. The van der Waals surface area contributed by atoms with E-state index in [1.165, 1.54) is 0 Å². The van der Waals surface area contributed by atoms with Gasteiger partial charge < -0.3 is 15.0 Å². The summed E-state index contributed by atoms with van der Waals surface area (Å²) in [6.07, 6.45) is 4.04. The average Bonchev–Trinajstić information content (AvgIpc) is 3.47. The van der Waals surface area contributed by atoms with Crippen LogP contribution in [0, 0.1) is 22.7 Å². The number of anilines is 2. The smallest absolute Gasteiger partial charge is 0.247 e. The molecule has 1 aliphatic carbocycles. The lowest BCUT2D eigenvalue weighted by Gasteiger charge is -2.25. The molecule has 3 aliphatic rings. The van der Waals surface area contributed by atoms with Crippen molar-refractivity contribution in [2.24, 2.45) is 11.3 Å². The van der Waals surface area contributed by atoms with Crippen LogP contribution in [0.1, 0.15) is 19.3 Å². The third-order valence-corrected chi connectivity index (χ3v) is 5.62. The fourth-order valence-electron chi connectivity index (χ4n) is 3.93. The summed E-state index contributed by atoms with van der Waals surface area (Å²) in [6, 6.07) is 5.74. The molecule has 0 unspecified atom stereocenters. The van der Waals surface area contributed by atoms with Crippen molar-refractivity contribution in [3.63, 3.8) is 0 Å². The van der Waals surface area contributed by atoms with Crippen molar-refractivity contribution < 1.29 is 14.3 Å². The minimum Gasteiger partial charge on any atom is -0.379 e. The minimum atomic E-state index is -0.872. The predicted octanol–water partition coefficient (Wildman–Crippen LogP) is 1.01. The molecule has 27 heavy (non-hydrogen) atoms. The van der Waals surface area contributed by atoms with Crippen LogP contribution in [0.4, 0.5) is 11.5 Å². The summed E-state index contributed by atoms with van der Waals surface area (Å²) in [7, 11) is 0. The van der Waals surface area contributed by atoms with Gasteiger partial charge in [0.1, 0.15) is 11.2 Å². The largest absolute Gasteiger partial charge is 0.379 e. The number of aromatic nitrogens is 1. The van der Waals surface area contributed by atoms with Crippen molar-refractivity contribution in [2.75, 3.05) is 49.6 Å². The Bertz CT molecular complexity index is 782. The molecule has 142 valence electrons. The molecular weight excluding hydrogens is 346 g/mol. The molecular formula is C19H23N5O3. The second-order valence-corrected chi connectivity index (χ2v) is 7.40. The quantitative estimate of drug-likeness (QED) is 0.832. The van der Waals surface area contributed by atoms with Crippen molar-refractivity contribution in [1.29, 1.82) is 5.26 Å². The molecule has 2 amide bonds. The lowest BCUT2D eigenvalue weighted by molar-refractivity contribution is -0.123. The number of rotatable bonds is 5. The molecule has 1 N–H and O–H groups in total. The van der Waals surface area contributed by atoms with Gasteiger partial charge in [0, 0.05) is 37.6 Å². The van der Waals surface area contributed by atoms with Crippen LogP contribution < -0.4 is 10.2 Å². The van der Waals surface area contributed by atoms with Gasteiger partial charge in [0.05, 0.1) is 25.8 Å². The molecule has 0 spiro atoms. The summed E-state index contributed by atoms with van der Waals surface area (Å²) in [5.41, 5.74) is -0.197. The monoisotopic (exact) mass is 369 g/mol. The van der Waals surface area contributed by atoms with Gasteiger partial charge >= 0.3 is 0 Å². The lowest BCUT2D eigenvalue weighted by atomic mass is 9.83. The molecule has 0 aromatic carbocycles. The number of hydrogen-bond donors (Lipinski definition) is 1. The van der Waals surface area contributed by atoms with Crippen molar-refractivity contribution >= 4 is 23.3 Å². The summed E-state index contributed by atoms with van der Waals surface area (Å²) in [6.45, 7) is 3.56. The van der Waals surface area contributed by atoms with Gasteiger partial charge in [0.15, 0.2) is 0 Å². The highest BCUT2D eigenvalue weighted by Crippen LogP contribution is 2.51. The van der Waals surface area contributed by atoms with Crippen LogP contribution in [0.2, 0.25) is 0 Å². The van der Waals surface area contributed by atoms with Crippen molar-refractivity contribution in [1.82, 2.24) is 9.88 Å². The summed E-state index contributed by atoms with van der Waals surface area (Å²) < 4.78 is 5.28. The Labute approximate surface area is 158 Å². The van der Waals surface area contributed by atoms with Crippen LogP contribution in [-0.2, 0) is 14.3 Å². The van der Waals surface area contributed by atoms with E-state index < -0.39 is 5.41 Å². The maximum Gasteiger partial charge on any atom is 0.247 e. The van der Waals surface area contributed by atoms with E-state index in [-0.39, 0.29) is 24.3 Å². The molecule has 3 heterocycles. The van der Waals surface area contributed by atoms with Gasteiger partial charge in [-0.2, -0.15) is 5.26 Å². The molecule has 1 saturated carbocycles. The van der Waals surface area contributed by atoms with Crippen molar-refractivity contribution in [3.8, 4) is 6.07 Å². The SMILES string of the molecule is N#C[C@@]1(C2CC2)CCN(c2ccnc(NC(=O)CN3CCOCC3)c2)C1=O. The number of nitriles is 1. The van der Waals surface area contributed by atoms with Gasteiger partial charge in [-0.25, -0.2) is 4.98 Å². The highest BCUT2D eigenvalue weighted by Gasteiger charge is 2.56. The number of carbonyl (C=O) groups excluding carboxylic acids is 2. The first-order chi connectivity index (χ1) is 13.1. The Morgan fingerprint density at radius 1 is 1.37 bits per heavy atom. The maximum atomic E-state index is 12.9. The maximum absolute atomic E-state index is 12.9. The van der Waals surface area contributed by atoms with Crippen molar-refractivity contribution in [2.45, 2.75) is 19.3 Å². The highest BCUT2D eigenvalue weighted by atomic mass is 16.5. The summed E-state index contributed by atoms with van der Waals surface area (Å²) >= 11 is 0. The summed E-state index contributed by atoms with van der Waals surface area (Å²) in [4.78, 5) is 33.1. The van der Waals surface area contributed by atoms with E-state index in [9.17, 15) is 14.9 Å². The molecule has 4 rings (SSSR count). The van der Waals surface area contributed by atoms with E-state index in [0.717, 1.165) is 25.9 Å². The number of pyridine rings is 1. The predicted molar refractivity (Wildman–Crippen MR) is 97.9 cm³/mol. The molecule has 0 radical (unpaired) electrons. The fraction of sp³-hybridized carbons (Fsp3) is 0.579. The highest BCUT2D eigenvalue weighted by molar-refractivity contribution is 6.02. The number of amides is 2. The van der Waals surface area contributed by atoms with Crippen LogP contribution in [0.15, 0.2) is 18.3 Å². The van der Waals surface area contributed by atoms with E-state index in [0.29, 0.717) is 37.7 Å². The van der Waals surface area contributed by atoms with Gasteiger partial charge in [0.2, 0.25) is 11.8 Å². The zero-order valence-electron chi connectivity index (χ0n) is 15.2. The van der Waals surface area contributed by atoms with Crippen LogP contribution in [0.5, 0.6) is 0 Å². The average molecular weight is 369 g/mol. The molecule has 1 atom stereocenters. The zero-order valence-corrected chi connectivity index (χ0v) is 15.2. The number of ether oxygens (including phenoxy) is 1. The molecule has 3 fully saturated rings. The number of carbonyl (C=O) groups is 2. The van der Waals surface area contributed by atoms with Crippen LogP contribution >= 0.6 is 0 Å². The molecule has 0 bridgehead atoms.